The van der Waals surface area contributed by atoms with Crippen molar-refractivity contribution in [3.8, 4) is 0 Å². The number of rotatable bonds is 2. The second kappa shape index (κ2) is 3.43. The molecule has 0 amide bonds. The van der Waals surface area contributed by atoms with E-state index < -0.39 is 8.32 Å². The molecule has 2 aliphatic carbocycles. The fraction of sp³-hybridized carbons (Fsp3) is 0.636. The molecule has 0 saturated heterocycles. The molecule has 0 fully saturated rings. The first-order valence-corrected chi connectivity index (χ1v) is 7.77. The largest absolute Gasteiger partial charge is 0.424 e. The third-order valence-corrected chi connectivity index (χ3v) is 6.74. The van der Waals surface area contributed by atoms with Gasteiger partial charge in [-0.1, -0.05) is 22.5 Å². The minimum absolute atomic E-state index is 1.15. The summed E-state index contributed by atoms with van der Waals surface area (Å²) in [5, 5.41) is 2.78. The van der Waals surface area contributed by atoms with Gasteiger partial charge in [0.25, 0.3) is 0 Å². The molecule has 13 heavy (non-hydrogen) atoms. The van der Waals surface area contributed by atoms with Crippen LogP contribution < -0.4 is 0 Å². The number of allylic oxidation sites excluding steroid dienone is 4. The van der Waals surface area contributed by atoms with Crippen molar-refractivity contribution in [1.82, 2.24) is 0 Å². The van der Waals surface area contributed by atoms with E-state index >= 15 is 0 Å². The lowest BCUT2D eigenvalue weighted by Gasteiger charge is -2.23. The Morgan fingerprint density at radius 2 is 1.54 bits per heavy atom. The second-order valence-electron chi connectivity index (χ2n) is 4.32. The molecule has 0 aliphatic heterocycles. The molecular weight excluding hydrogens is 176 g/mol. The molecule has 0 atom stereocenters. The number of hydrogen-bond donors (Lipinski definition) is 1. The van der Waals surface area contributed by atoms with Crippen molar-refractivity contribution < 1.29 is 4.80 Å². The van der Waals surface area contributed by atoms with Crippen LogP contribution in [0.5, 0.6) is 0 Å². The minimum atomic E-state index is -2.11. The molecule has 0 saturated carbocycles. The zero-order valence-corrected chi connectivity index (χ0v) is 9.34. The molecule has 2 heteroatoms. The summed E-state index contributed by atoms with van der Waals surface area (Å²) in [4.78, 5) is 10.5. The predicted molar refractivity (Wildman–Crippen MR) is 57.7 cm³/mol. The molecule has 0 aromatic heterocycles. The van der Waals surface area contributed by atoms with E-state index in [4.69, 9.17) is 0 Å². The van der Waals surface area contributed by atoms with Gasteiger partial charge in [0, 0.05) is 0 Å². The topological polar surface area (TPSA) is 20.2 Å². The van der Waals surface area contributed by atoms with E-state index in [2.05, 4.69) is 18.7 Å². The molecule has 0 aromatic rings. The van der Waals surface area contributed by atoms with E-state index in [-0.39, 0.29) is 0 Å². The van der Waals surface area contributed by atoms with Crippen molar-refractivity contribution in [2.24, 2.45) is 0 Å². The predicted octanol–water partition coefficient (Wildman–Crippen LogP) is 2.85. The van der Waals surface area contributed by atoms with Gasteiger partial charge in [-0.05, 0) is 45.1 Å². The van der Waals surface area contributed by atoms with E-state index in [9.17, 15) is 4.80 Å². The van der Waals surface area contributed by atoms with Gasteiger partial charge >= 0.3 is 0 Å². The maximum atomic E-state index is 10.5. The van der Waals surface area contributed by atoms with Crippen molar-refractivity contribution in [3.05, 3.63) is 22.5 Å². The van der Waals surface area contributed by atoms with Crippen molar-refractivity contribution in [3.63, 3.8) is 0 Å². The van der Waals surface area contributed by atoms with Crippen LogP contribution in [0, 0.1) is 0 Å². The highest BCUT2D eigenvalue weighted by Gasteiger charge is 2.35. The summed E-state index contributed by atoms with van der Waals surface area (Å²) >= 11 is 0. The molecule has 2 aliphatic rings. The van der Waals surface area contributed by atoms with Gasteiger partial charge in [-0.2, -0.15) is 0 Å². The highest BCUT2D eigenvalue weighted by molar-refractivity contribution is 6.85. The molecule has 0 aromatic carbocycles. The monoisotopic (exact) mass is 194 g/mol. The standard InChI is InChI=1S/C11H18OSi/c1-13(12,10-6-2-3-7-10)11-8-4-5-9-11/h6,8,12H,2-5,7,9H2,1H3. The van der Waals surface area contributed by atoms with Crippen LogP contribution >= 0.6 is 0 Å². The Morgan fingerprint density at radius 1 is 1.08 bits per heavy atom. The van der Waals surface area contributed by atoms with E-state index in [1.165, 1.54) is 36.1 Å². The van der Waals surface area contributed by atoms with Crippen LogP contribution in [0.25, 0.3) is 0 Å². The Bertz CT molecular complexity index is 237. The average Bonchev–Trinajstić information content (AvgIpc) is 2.78. The molecule has 0 radical (unpaired) electrons. The molecular formula is C11H18OSi. The van der Waals surface area contributed by atoms with Crippen LogP contribution in [-0.2, 0) is 0 Å². The summed E-state index contributed by atoms with van der Waals surface area (Å²) in [6.45, 7) is 2.10. The maximum Gasteiger partial charge on any atom is 0.240 e. The van der Waals surface area contributed by atoms with Gasteiger partial charge in [0.1, 0.15) is 0 Å². The average molecular weight is 194 g/mol. The van der Waals surface area contributed by atoms with Crippen LogP contribution in [0.3, 0.4) is 0 Å². The van der Waals surface area contributed by atoms with E-state index in [1.807, 2.05) is 0 Å². The van der Waals surface area contributed by atoms with Crippen molar-refractivity contribution >= 4 is 8.32 Å². The minimum Gasteiger partial charge on any atom is -0.424 e. The molecule has 72 valence electrons. The van der Waals surface area contributed by atoms with Crippen molar-refractivity contribution in [2.75, 3.05) is 0 Å². The fourth-order valence-electron chi connectivity index (χ4n) is 2.43. The quantitative estimate of drug-likeness (QED) is 0.670. The van der Waals surface area contributed by atoms with Crippen LogP contribution in [-0.4, -0.2) is 13.1 Å². The Balaban J connectivity index is 2.18. The smallest absolute Gasteiger partial charge is 0.240 e. The number of hydrogen-bond acceptors (Lipinski definition) is 1. The summed E-state index contributed by atoms with van der Waals surface area (Å²) in [6.07, 6.45) is 11.7. The van der Waals surface area contributed by atoms with E-state index in [0.29, 0.717) is 0 Å². The van der Waals surface area contributed by atoms with Crippen molar-refractivity contribution in [1.29, 1.82) is 0 Å². The first-order valence-electron chi connectivity index (χ1n) is 5.32. The lowest BCUT2D eigenvalue weighted by molar-refractivity contribution is 0.558. The lowest BCUT2D eigenvalue weighted by atomic mass is 10.4. The molecule has 2 rings (SSSR count). The Kier molecular flexibility index (Phi) is 2.43. The zero-order valence-electron chi connectivity index (χ0n) is 8.34. The third kappa shape index (κ3) is 1.65. The molecule has 0 bridgehead atoms. The van der Waals surface area contributed by atoms with Crippen molar-refractivity contribution in [2.45, 2.75) is 45.1 Å². The summed E-state index contributed by atoms with van der Waals surface area (Å²) in [5.74, 6) is 0. The molecule has 0 unspecified atom stereocenters. The second-order valence-corrected chi connectivity index (χ2v) is 7.74. The Hall–Kier alpha value is -0.343. The third-order valence-electron chi connectivity index (χ3n) is 3.33. The summed E-state index contributed by atoms with van der Waals surface area (Å²) in [6, 6.07) is 0. The SMILES string of the molecule is C[Si](O)(C1=CCCC1)C1=CCCC1. The van der Waals surface area contributed by atoms with E-state index in [0.717, 1.165) is 12.8 Å². The van der Waals surface area contributed by atoms with Gasteiger partial charge in [-0.25, -0.2) is 0 Å². The van der Waals surface area contributed by atoms with Gasteiger partial charge in [0.05, 0.1) is 0 Å². The first kappa shape index (κ1) is 9.22. The zero-order chi connectivity index (χ0) is 9.31. The maximum absolute atomic E-state index is 10.5. The van der Waals surface area contributed by atoms with Gasteiger partial charge in [0.15, 0.2) is 0 Å². The Labute approximate surface area is 81.3 Å². The van der Waals surface area contributed by atoms with Gasteiger partial charge < -0.3 is 4.80 Å². The van der Waals surface area contributed by atoms with Crippen LogP contribution in [0.15, 0.2) is 22.5 Å². The van der Waals surface area contributed by atoms with Crippen LogP contribution in [0.4, 0.5) is 0 Å². The van der Waals surface area contributed by atoms with Gasteiger partial charge in [-0.3, -0.25) is 0 Å². The van der Waals surface area contributed by atoms with Crippen LogP contribution in [0.1, 0.15) is 38.5 Å². The highest BCUT2D eigenvalue weighted by Crippen LogP contribution is 2.34. The molecule has 0 spiro atoms. The summed E-state index contributed by atoms with van der Waals surface area (Å²) in [5.41, 5.74) is 0. The van der Waals surface area contributed by atoms with Crippen LogP contribution in [0.2, 0.25) is 6.55 Å². The molecule has 1 nitrogen and oxygen atoms in total. The molecule has 0 heterocycles. The van der Waals surface area contributed by atoms with Gasteiger partial charge in [-0.15, -0.1) is 0 Å². The van der Waals surface area contributed by atoms with Gasteiger partial charge in [0.2, 0.25) is 8.32 Å². The fourth-order valence-corrected chi connectivity index (χ4v) is 5.26. The summed E-state index contributed by atoms with van der Waals surface area (Å²) < 4.78 is 0. The first-order chi connectivity index (χ1) is 6.21. The lowest BCUT2D eigenvalue weighted by Crippen LogP contribution is -2.35. The summed E-state index contributed by atoms with van der Waals surface area (Å²) in [7, 11) is -2.11. The van der Waals surface area contributed by atoms with E-state index in [1.54, 1.807) is 0 Å². The Morgan fingerprint density at radius 3 is 1.85 bits per heavy atom. The highest BCUT2D eigenvalue weighted by atomic mass is 28.4. The normalized spacial score (nSPS) is 23.2. The molecule has 1 N–H and O–H groups in total.